The third kappa shape index (κ3) is 3.94. The Bertz CT molecular complexity index is 816. The van der Waals surface area contributed by atoms with Crippen LogP contribution in [0.5, 0.6) is 0 Å². The first-order valence-electron chi connectivity index (χ1n) is 7.73. The molecule has 1 fully saturated rings. The summed E-state index contributed by atoms with van der Waals surface area (Å²) in [4.78, 5) is 12.2. The van der Waals surface area contributed by atoms with Gasteiger partial charge in [0.15, 0.2) is 9.84 Å². The van der Waals surface area contributed by atoms with E-state index in [1.54, 1.807) is 30.3 Å². The Balaban J connectivity index is 1.74. The molecular weight excluding hydrogens is 326 g/mol. The number of hydrogen-bond acceptors (Lipinski definition) is 5. The summed E-state index contributed by atoms with van der Waals surface area (Å²) in [6.07, 6.45) is -0.705. The summed E-state index contributed by atoms with van der Waals surface area (Å²) in [7, 11) is -3.24. The van der Waals surface area contributed by atoms with Crippen LogP contribution < -0.4 is 5.32 Å². The van der Waals surface area contributed by atoms with E-state index in [4.69, 9.17) is 4.74 Å². The summed E-state index contributed by atoms with van der Waals surface area (Å²) in [6, 6.07) is 15.8. The number of carbonyl (C=O) groups excluding carboxylic acids is 1. The normalized spacial score (nSPS) is 22.0. The van der Waals surface area contributed by atoms with Crippen LogP contribution in [0.3, 0.4) is 0 Å². The van der Waals surface area contributed by atoms with Gasteiger partial charge in [-0.2, -0.15) is 0 Å². The van der Waals surface area contributed by atoms with Gasteiger partial charge in [0.25, 0.3) is 0 Å². The van der Waals surface area contributed by atoms with E-state index in [-0.39, 0.29) is 11.5 Å². The van der Waals surface area contributed by atoms with E-state index in [0.717, 1.165) is 11.3 Å². The summed E-state index contributed by atoms with van der Waals surface area (Å²) in [5, 5.41) is 3.17. The molecule has 0 unspecified atom stereocenters. The molecule has 5 nitrogen and oxygen atoms in total. The number of rotatable bonds is 4. The molecule has 6 heteroatoms. The highest BCUT2D eigenvalue weighted by Gasteiger charge is 2.40. The molecule has 0 spiro atoms. The summed E-state index contributed by atoms with van der Waals surface area (Å²) in [5.74, 6) is -0.712. The van der Waals surface area contributed by atoms with Gasteiger partial charge in [-0.1, -0.05) is 35.9 Å². The average Bonchev–Trinajstić information content (AvgIpc) is 2.84. The smallest absolute Gasteiger partial charge is 0.338 e. The second-order valence-electron chi connectivity index (χ2n) is 6.00. The van der Waals surface area contributed by atoms with Crippen molar-refractivity contribution >= 4 is 21.5 Å². The molecule has 1 saturated heterocycles. The Morgan fingerprint density at radius 3 is 2.38 bits per heavy atom. The van der Waals surface area contributed by atoms with Crippen LogP contribution in [0.4, 0.5) is 5.69 Å². The maximum absolute atomic E-state index is 12.2. The fraction of sp³-hybridized carbons (Fsp3) is 0.278. The van der Waals surface area contributed by atoms with E-state index in [0.29, 0.717) is 5.56 Å². The van der Waals surface area contributed by atoms with Crippen LogP contribution in [0.2, 0.25) is 0 Å². The van der Waals surface area contributed by atoms with Crippen LogP contribution in [-0.2, 0) is 14.6 Å². The third-order valence-electron chi connectivity index (χ3n) is 3.97. The quantitative estimate of drug-likeness (QED) is 0.862. The van der Waals surface area contributed by atoms with Crippen molar-refractivity contribution in [1.82, 2.24) is 0 Å². The third-order valence-corrected chi connectivity index (χ3v) is 5.68. The first kappa shape index (κ1) is 16.5. The van der Waals surface area contributed by atoms with Gasteiger partial charge in [-0.15, -0.1) is 0 Å². The second-order valence-corrected chi connectivity index (χ2v) is 8.16. The van der Waals surface area contributed by atoms with Crippen LogP contribution in [0.15, 0.2) is 54.6 Å². The highest BCUT2D eigenvalue weighted by Crippen LogP contribution is 2.22. The standard InChI is InChI=1S/C18H19NO4S/c1-13-7-9-15(10-8-13)19-16-11-24(21,22)12-17(16)23-18(20)14-5-3-2-4-6-14/h2-10,16-17,19H,11-12H2,1H3/t16-,17-/m1/s1. The van der Waals surface area contributed by atoms with E-state index in [1.807, 2.05) is 31.2 Å². The fourth-order valence-electron chi connectivity index (χ4n) is 2.71. The van der Waals surface area contributed by atoms with Crippen molar-refractivity contribution in [3.63, 3.8) is 0 Å². The maximum Gasteiger partial charge on any atom is 0.338 e. The van der Waals surface area contributed by atoms with Gasteiger partial charge in [0.2, 0.25) is 0 Å². The van der Waals surface area contributed by atoms with Crippen molar-refractivity contribution in [2.75, 3.05) is 16.8 Å². The molecule has 1 aliphatic rings. The summed E-state index contributed by atoms with van der Waals surface area (Å²) >= 11 is 0. The fourth-order valence-corrected chi connectivity index (χ4v) is 4.49. The molecule has 0 radical (unpaired) electrons. The zero-order valence-corrected chi connectivity index (χ0v) is 14.1. The molecule has 126 valence electrons. The predicted molar refractivity (Wildman–Crippen MR) is 92.9 cm³/mol. The summed E-state index contributed by atoms with van der Waals surface area (Å²) < 4.78 is 29.4. The monoisotopic (exact) mass is 345 g/mol. The van der Waals surface area contributed by atoms with Gasteiger partial charge in [-0.25, -0.2) is 13.2 Å². The lowest BCUT2D eigenvalue weighted by Crippen LogP contribution is -2.35. The number of nitrogens with one attached hydrogen (secondary N) is 1. The Morgan fingerprint density at radius 1 is 1.04 bits per heavy atom. The van der Waals surface area contributed by atoms with E-state index in [1.165, 1.54) is 0 Å². The Labute approximate surface area is 141 Å². The molecule has 0 aromatic heterocycles. The second kappa shape index (κ2) is 6.65. The lowest BCUT2D eigenvalue weighted by atomic mass is 10.1. The van der Waals surface area contributed by atoms with Gasteiger partial charge in [0.1, 0.15) is 6.10 Å². The van der Waals surface area contributed by atoms with Crippen molar-refractivity contribution in [3.05, 3.63) is 65.7 Å². The molecule has 1 heterocycles. The zero-order chi connectivity index (χ0) is 17.2. The number of aryl methyl sites for hydroxylation is 1. The molecule has 3 rings (SSSR count). The SMILES string of the molecule is Cc1ccc(N[C@@H]2CS(=O)(=O)C[C@H]2OC(=O)c2ccccc2)cc1. The first-order chi connectivity index (χ1) is 11.4. The molecule has 0 aliphatic carbocycles. The van der Waals surface area contributed by atoms with Crippen LogP contribution in [0.25, 0.3) is 0 Å². The van der Waals surface area contributed by atoms with Gasteiger partial charge in [0.05, 0.1) is 23.1 Å². The number of carbonyl (C=O) groups is 1. The number of benzene rings is 2. The van der Waals surface area contributed by atoms with Crippen molar-refractivity contribution in [2.45, 2.75) is 19.1 Å². The lowest BCUT2D eigenvalue weighted by Gasteiger charge is -2.21. The number of anilines is 1. The van der Waals surface area contributed by atoms with E-state index >= 15 is 0 Å². The molecule has 2 atom stereocenters. The number of sulfone groups is 1. The minimum absolute atomic E-state index is 0.0480. The molecule has 1 aliphatic heterocycles. The molecule has 0 saturated carbocycles. The molecule has 2 aromatic rings. The van der Waals surface area contributed by atoms with Gasteiger partial charge in [-0.3, -0.25) is 0 Å². The minimum Gasteiger partial charge on any atom is -0.455 e. The summed E-state index contributed by atoms with van der Waals surface area (Å²) in [5.41, 5.74) is 2.34. The minimum atomic E-state index is -3.24. The highest BCUT2D eigenvalue weighted by molar-refractivity contribution is 7.91. The van der Waals surface area contributed by atoms with Crippen LogP contribution in [-0.4, -0.2) is 38.0 Å². The van der Waals surface area contributed by atoms with Crippen molar-refractivity contribution in [3.8, 4) is 0 Å². The van der Waals surface area contributed by atoms with Crippen LogP contribution in [0, 0.1) is 6.92 Å². The molecular formula is C18H19NO4S. The highest BCUT2D eigenvalue weighted by atomic mass is 32.2. The molecule has 0 amide bonds. The van der Waals surface area contributed by atoms with Gasteiger partial charge < -0.3 is 10.1 Å². The van der Waals surface area contributed by atoms with Crippen molar-refractivity contribution in [2.24, 2.45) is 0 Å². The summed E-state index contributed by atoms with van der Waals surface area (Å²) in [6.45, 7) is 1.98. The van der Waals surface area contributed by atoms with Crippen LogP contribution >= 0.6 is 0 Å². The van der Waals surface area contributed by atoms with Crippen molar-refractivity contribution < 1.29 is 17.9 Å². The lowest BCUT2D eigenvalue weighted by molar-refractivity contribution is 0.0337. The van der Waals surface area contributed by atoms with Gasteiger partial charge >= 0.3 is 5.97 Å². The maximum atomic E-state index is 12.2. The molecule has 1 N–H and O–H groups in total. The van der Waals surface area contributed by atoms with E-state index < -0.39 is 28.0 Å². The molecule has 0 bridgehead atoms. The first-order valence-corrected chi connectivity index (χ1v) is 9.55. The Kier molecular flexibility index (Phi) is 4.57. The number of esters is 1. The Hall–Kier alpha value is -2.34. The number of hydrogen-bond donors (Lipinski definition) is 1. The topological polar surface area (TPSA) is 72.5 Å². The average molecular weight is 345 g/mol. The largest absolute Gasteiger partial charge is 0.455 e. The van der Waals surface area contributed by atoms with Crippen molar-refractivity contribution in [1.29, 1.82) is 0 Å². The number of ether oxygens (including phenoxy) is 1. The molecule has 24 heavy (non-hydrogen) atoms. The van der Waals surface area contributed by atoms with E-state index in [2.05, 4.69) is 5.32 Å². The van der Waals surface area contributed by atoms with Gasteiger partial charge in [0, 0.05) is 5.69 Å². The Morgan fingerprint density at radius 2 is 1.71 bits per heavy atom. The molecule has 2 aromatic carbocycles. The van der Waals surface area contributed by atoms with Crippen LogP contribution in [0.1, 0.15) is 15.9 Å². The van der Waals surface area contributed by atoms with E-state index in [9.17, 15) is 13.2 Å². The zero-order valence-electron chi connectivity index (χ0n) is 13.3. The van der Waals surface area contributed by atoms with Gasteiger partial charge in [-0.05, 0) is 31.2 Å². The predicted octanol–water partition coefficient (Wildman–Crippen LogP) is 2.43.